The molecule has 116 valence electrons. The third kappa shape index (κ3) is 2.94. The average Bonchev–Trinajstić information content (AvgIpc) is 2.56. The summed E-state index contributed by atoms with van der Waals surface area (Å²) in [5.74, 6) is 0. The molecule has 0 spiro atoms. The molecule has 0 saturated carbocycles. The second-order valence-corrected chi connectivity index (χ2v) is 6.21. The molecule has 0 radical (unpaired) electrons. The second kappa shape index (κ2) is 4.99. The molecule has 1 aromatic rings. The van der Waals surface area contributed by atoms with Crippen molar-refractivity contribution in [1.29, 1.82) is 0 Å². The van der Waals surface area contributed by atoms with Crippen LogP contribution in [0.15, 0.2) is 12.3 Å². The summed E-state index contributed by atoms with van der Waals surface area (Å²) in [5.41, 5.74) is -1.02. The molecule has 2 heterocycles. The standard InChI is InChI=1S/C14H19BF3NO2/c1-6-9-8-19-11(14(16,17)18)7-10(9)15-20-12(2,3)13(4,5)21-15/h7-8H,6H2,1-5H3. The first kappa shape index (κ1) is 16.3. The molecule has 0 amide bonds. The molecule has 0 bridgehead atoms. The van der Waals surface area contributed by atoms with Crippen LogP contribution in [0.2, 0.25) is 0 Å². The van der Waals surface area contributed by atoms with Crippen LogP contribution in [0.3, 0.4) is 0 Å². The Hall–Kier alpha value is -1.08. The Labute approximate surface area is 123 Å². The lowest BCUT2D eigenvalue weighted by molar-refractivity contribution is -0.141. The molecule has 1 saturated heterocycles. The maximum absolute atomic E-state index is 12.9. The van der Waals surface area contributed by atoms with Crippen molar-refractivity contribution in [2.24, 2.45) is 0 Å². The molecule has 7 heteroatoms. The lowest BCUT2D eigenvalue weighted by Crippen LogP contribution is -2.41. The molecular weight excluding hydrogens is 282 g/mol. The molecule has 1 aliphatic rings. The zero-order chi connectivity index (χ0) is 16.1. The van der Waals surface area contributed by atoms with Crippen LogP contribution in [0.4, 0.5) is 13.2 Å². The van der Waals surface area contributed by atoms with Crippen LogP contribution in [-0.2, 0) is 21.9 Å². The molecule has 21 heavy (non-hydrogen) atoms. The Morgan fingerprint density at radius 2 is 1.67 bits per heavy atom. The van der Waals surface area contributed by atoms with E-state index in [0.29, 0.717) is 17.4 Å². The predicted molar refractivity (Wildman–Crippen MR) is 74.3 cm³/mol. The molecule has 1 aliphatic heterocycles. The molecule has 2 rings (SSSR count). The Bertz CT molecular complexity index is 528. The Kier molecular flexibility index (Phi) is 3.87. The highest BCUT2D eigenvalue weighted by Gasteiger charge is 2.52. The zero-order valence-corrected chi connectivity index (χ0v) is 12.8. The van der Waals surface area contributed by atoms with Crippen molar-refractivity contribution in [3.8, 4) is 0 Å². The average molecular weight is 301 g/mol. The number of alkyl halides is 3. The first-order valence-corrected chi connectivity index (χ1v) is 6.89. The Morgan fingerprint density at radius 3 is 2.10 bits per heavy atom. The van der Waals surface area contributed by atoms with Crippen molar-refractivity contribution >= 4 is 12.6 Å². The minimum absolute atomic E-state index is 0.401. The van der Waals surface area contributed by atoms with Gasteiger partial charge in [0.1, 0.15) is 5.69 Å². The minimum atomic E-state index is -4.48. The lowest BCUT2D eigenvalue weighted by atomic mass is 9.75. The van der Waals surface area contributed by atoms with Crippen LogP contribution in [0.25, 0.3) is 0 Å². The second-order valence-electron chi connectivity index (χ2n) is 6.21. The van der Waals surface area contributed by atoms with Gasteiger partial charge in [0.25, 0.3) is 0 Å². The third-order valence-electron chi connectivity index (χ3n) is 4.20. The number of aromatic nitrogens is 1. The van der Waals surface area contributed by atoms with E-state index in [1.165, 1.54) is 6.20 Å². The first-order chi connectivity index (χ1) is 9.48. The van der Waals surface area contributed by atoms with E-state index in [0.717, 1.165) is 6.07 Å². The molecule has 3 nitrogen and oxygen atoms in total. The summed E-state index contributed by atoms with van der Waals surface area (Å²) in [4.78, 5) is 3.49. The maximum Gasteiger partial charge on any atom is 0.495 e. The highest BCUT2D eigenvalue weighted by Crippen LogP contribution is 2.37. The molecule has 0 N–H and O–H groups in total. The number of hydrogen-bond donors (Lipinski definition) is 0. The van der Waals surface area contributed by atoms with Gasteiger partial charge in [-0.25, -0.2) is 0 Å². The summed E-state index contributed by atoms with van der Waals surface area (Å²) < 4.78 is 50.2. The summed E-state index contributed by atoms with van der Waals surface area (Å²) in [6.45, 7) is 9.32. The van der Waals surface area contributed by atoms with Crippen LogP contribution in [-0.4, -0.2) is 23.3 Å². The molecule has 1 fully saturated rings. The number of halogens is 3. The number of nitrogens with zero attached hydrogens (tertiary/aromatic N) is 1. The van der Waals surface area contributed by atoms with Gasteiger partial charge in [0.2, 0.25) is 0 Å². The monoisotopic (exact) mass is 301 g/mol. The first-order valence-electron chi connectivity index (χ1n) is 6.89. The van der Waals surface area contributed by atoms with Crippen LogP contribution < -0.4 is 5.46 Å². The summed E-state index contributed by atoms with van der Waals surface area (Å²) in [5, 5.41) is 0. The molecule has 0 aromatic carbocycles. The fraction of sp³-hybridized carbons (Fsp3) is 0.643. The van der Waals surface area contributed by atoms with E-state index in [-0.39, 0.29) is 0 Å². The van der Waals surface area contributed by atoms with Gasteiger partial charge in [0.15, 0.2) is 0 Å². The van der Waals surface area contributed by atoms with Crippen molar-refractivity contribution in [2.45, 2.75) is 58.4 Å². The van der Waals surface area contributed by atoms with Crippen LogP contribution in [0.1, 0.15) is 45.9 Å². The van der Waals surface area contributed by atoms with Crippen molar-refractivity contribution in [1.82, 2.24) is 4.98 Å². The number of aryl methyl sites for hydroxylation is 1. The van der Waals surface area contributed by atoms with Crippen molar-refractivity contribution in [2.75, 3.05) is 0 Å². The topological polar surface area (TPSA) is 31.4 Å². The van der Waals surface area contributed by atoms with Gasteiger partial charge in [0.05, 0.1) is 11.2 Å². The van der Waals surface area contributed by atoms with E-state index in [1.54, 1.807) is 0 Å². The molecule has 1 aromatic heterocycles. The predicted octanol–water partition coefficient (Wildman–Crippen LogP) is 2.96. The summed E-state index contributed by atoms with van der Waals surface area (Å²) >= 11 is 0. The van der Waals surface area contributed by atoms with E-state index in [4.69, 9.17) is 9.31 Å². The smallest absolute Gasteiger partial charge is 0.399 e. The van der Waals surface area contributed by atoms with E-state index in [9.17, 15) is 13.2 Å². The molecular formula is C14H19BF3NO2. The van der Waals surface area contributed by atoms with E-state index < -0.39 is 30.2 Å². The normalized spacial score (nSPS) is 20.9. The van der Waals surface area contributed by atoms with Gasteiger partial charge >= 0.3 is 13.3 Å². The Balaban J connectivity index is 2.44. The van der Waals surface area contributed by atoms with Gasteiger partial charge in [-0.2, -0.15) is 13.2 Å². The number of hydrogen-bond acceptors (Lipinski definition) is 3. The van der Waals surface area contributed by atoms with E-state index in [2.05, 4.69) is 4.98 Å². The van der Waals surface area contributed by atoms with Crippen LogP contribution >= 0.6 is 0 Å². The van der Waals surface area contributed by atoms with Crippen LogP contribution in [0.5, 0.6) is 0 Å². The quantitative estimate of drug-likeness (QED) is 0.787. The summed E-state index contributed by atoms with van der Waals surface area (Å²) in [7, 11) is -0.811. The maximum atomic E-state index is 12.9. The van der Waals surface area contributed by atoms with E-state index in [1.807, 2.05) is 34.6 Å². The third-order valence-corrected chi connectivity index (χ3v) is 4.20. The molecule has 0 aliphatic carbocycles. The van der Waals surface area contributed by atoms with Gasteiger partial charge < -0.3 is 9.31 Å². The number of pyridine rings is 1. The van der Waals surface area contributed by atoms with Crippen molar-refractivity contribution < 1.29 is 22.5 Å². The van der Waals surface area contributed by atoms with Gasteiger partial charge in [-0.15, -0.1) is 0 Å². The van der Waals surface area contributed by atoms with Crippen molar-refractivity contribution in [3.63, 3.8) is 0 Å². The van der Waals surface area contributed by atoms with Crippen LogP contribution in [0, 0.1) is 0 Å². The van der Waals surface area contributed by atoms with Gasteiger partial charge in [-0.3, -0.25) is 4.98 Å². The Morgan fingerprint density at radius 1 is 1.14 bits per heavy atom. The largest absolute Gasteiger partial charge is 0.495 e. The summed E-state index contributed by atoms with van der Waals surface area (Å²) in [6.07, 6.45) is -2.67. The number of rotatable bonds is 2. The highest BCUT2D eigenvalue weighted by molar-refractivity contribution is 6.62. The summed E-state index contributed by atoms with van der Waals surface area (Å²) in [6, 6.07) is 1.03. The minimum Gasteiger partial charge on any atom is -0.399 e. The fourth-order valence-electron chi connectivity index (χ4n) is 2.14. The zero-order valence-electron chi connectivity index (χ0n) is 12.8. The molecule has 0 unspecified atom stereocenters. The van der Waals surface area contributed by atoms with Gasteiger partial charge in [0, 0.05) is 6.20 Å². The van der Waals surface area contributed by atoms with Crippen molar-refractivity contribution in [3.05, 3.63) is 23.5 Å². The SMILES string of the molecule is CCc1cnc(C(F)(F)F)cc1B1OC(C)(C)C(C)(C)O1. The van der Waals surface area contributed by atoms with Gasteiger partial charge in [-0.1, -0.05) is 6.92 Å². The van der Waals surface area contributed by atoms with E-state index >= 15 is 0 Å². The fourth-order valence-corrected chi connectivity index (χ4v) is 2.14. The van der Waals surface area contributed by atoms with Gasteiger partial charge in [-0.05, 0) is 51.2 Å². The highest BCUT2D eigenvalue weighted by atomic mass is 19.4. The molecule has 0 atom stereocenters. The lowest BCUT2D eigenvalue weighted by Gasteiger charge is -2.32.